The maximum absolute atomic E-state index is 11.7. The summed E-state index contributed by atoms with van der Waals surface area (Å²) in [5, 5.41) is 3.78. The summed E-state index contributed by atoms with van der Waals surface area (Å²) in [5.74, 6) is 0.878. The van der Waals surface area contributed by atoms with Gasteiger partial charge in [-0.15, -0.1) is 0 Å². The first-order chi connectivity index (χ1) is 9.25. The zero-order valence-electron chi connectivity index (χ0n) is 10.4. The number of ether oxygens (including phenoxy) is 1. The van der Waals surface area contributed by atoms with E-state index in [0.717, 1.165) is 0 Å². The van der Waals surface area contributed by atoms with Crippen LogP contribution in [0.3, 0.4) is 0 Å². The molecule has 2 rings (SSSR count). The molecule has 0 aliphatic carbocycles. The number of carbonyl (C=O) groups is 1. The van der Waals surface area contributed by atoms with Gasteiger partial charge in [-0.2, -0.15) is 5.10 Å². The number of hydrazone groups is 1. The molecule has 19 heavy (non-hydrogen) atoms. The van der Waals surface area contributed by atoms with Crippen molar-refractivity contribution in [3.05, 3.63) is 54.5 Å². The van der Waals surface area contributed by atoms with Gasteiger partial charge in [-0.1, -0.05) is 18.2 Å². The van der Waals surface area contributed by atoms with Crippen molar-refractivity contribution in [3.63, 3.8) is 0 Å². The second-order valence-corrected chi connectivity index (χ2v) is 3.82. The first-order valence-corrected chi connectivity index (χ1v) is 5.84. The van der Waals surface area contributed by atoms with E-state index in [1.54, 1.807) is 31.2 Å². The molecule has 0 unspecified atom stereocenters. The van der Waals surface area contributed by atoms with E-state index >= 15 is 0 Å². The maximum Gasteiger partial charge on any atom is 0.280 e. The van der Waals surface area contributed by atoms with Crippen LogP contribution in [0.2, 0.25) is 0 Å². The molecular formula is C14H14N2O3. The lowest BCUT2D eigenvalue weighted by Gasteiger charge is -2.12. The van der Waals surface area contributed by atoms with Crippen LogP contribution in [0, 0.1) is 0 Å². The van der Waals surface area contributed by atoms with Crippen LogP contribution in [0.1, 0.15) is 12.7 Å². The van der Waals surface area contributed by atoms with Crippen LogP contribution in [0.25, 0.3) is 0 Å². The van der Waals surface area contributed by atoms with Crippen molar-refractivity contribution in [2.45, 2.75) is 13.0 Å². The van der Waals surface area contributed by atoms with Gasteiger partial charge in [-0.05, 0) is 31.2 Å². The highest BCUT2D eigenvalue weighted by atomic mass is 16.5. The highest BCUT2D eigenvalue weighted by Crippen LogP contribution is 2.10. The predicted octanol–water partition coefficient (Wildman–Crippen LogP) is 2.20. The van der Waals surface area contributed by atoms with Crippen LogP contribution in [0.5, 0.6) is 5.75 Å². The number of nitrogens with one attached hydrogen (secondary N) is 1. The minimum Gasteiger partial charge on any atom is -0.481 e. The van der Waals surface area contributed by atoms with E-state index in [2.05, 4.69) is 10.5 Å². The van der Waals surface area contributed by atoms with E-state index in [1.807, 2.05) is 18.2 Å². The minimum atomic E-state index is -0.629. The lowest BCUT2D eigenvalue weighted by molar-refractivity contribution is -0.127. The third kappa shape index (κ3) is 3.99. The third-order valence-corrected chi connectivity index (χ3v) is 2.34. The average molecular weight is 258 g/mol. The molecule has 5 heteroatoms. The molecule has 0 bridgehead atoms. The van der Waals surface area contributed by atoms with Gasteiger partial charge in [0.25, 0.3) is 5.91 Å². The molecule has 0 aliphatic rings. The van der Waals surface area contributed by atoms with Gasteiger partial charge in [0.1, 0.15) is 11.5 Å². The number of hydrogen-bond acceptors (Lipinski definition) is 4. The van der Waals surface area contributed by atoms with E-state index in [0.29, 0.717) is 11.5 Å². The Balaban J connectivity index is 1.83. The first-order valence-electron chi connectivity index (χ1n) is 5.84. The molecule has 5 nitrogen and oxygen atoms in total. The number of benzene rings is 1. The zero-order chi connectivity index (χ0) is 13.5. The van der Waals surface area contributed by atoms with E-state index in [-0.39, 0.29) is 5.91 Å². The highest BCUT2D eigenvalue weighted by molar-refractivity contribution is 5.83. The molecule has 0 spiro atoms. The van der Waals surface area contributed by atoms with Gasteiger partial charge in [0.2, 0.25) is 0 Å². The van der Waals surface area contributed by atoms with Crippen LogP contribution in [0.15, 0.2) is 58.2 Å². The molecule has 1 aromatic carbocycles. The Hall–Kier alpha value is -2.56. The SMILES string of the molecule is C[C@H](Oc1ccccc1)C(=O)N/N=C\c1ccco1. The van der Waals surface area contributed by atoms with Gasteiger partial charge < -0.3 is 9.15 Å². The molecule has 98 valence electrons. The van der Waals surface area contributed by atoms with Gasteiger partial charge in [-0.25, -0.2) is 5.43 Å². The highest BCUT2D eigenvalue weighted by Gasteiger charge is 2.13. The molecule has 0 saturated heterocycles. The summed E-state index contributed by atoms with van der Waals surface area (Å²) >= 11 is 0. The predicted molar refractivity (Wildman–Crippen MR) is 71.0 cm³/mol. The standard InChI is InChI=1S/C14H14N2O3/c1-11(19-12-6-3-2-4-7-12)14(17)16-15-10-13-8-5-9-18-13/h2-11H,1H3,(H,16,17)/b15-10-/t11-/m0/s1. The molecule has 0 radical (unpaired) electrons. The molecule has 1 N–H and O–H groups in total. The lowest BCUT2D eigenvalue weighted by atomic mass is 10.3. The quantitative estimate of drug-likeness (QED) is 0.660. The van der Waals surface area contributed by atoms with Crippen molar-refractivity contribution < 1.29 is 13.9 Å². The topological polar surface area (TPSA) is 63.8 Å². The van der Waals surface area contributed by atoms with E-state index < -0.39 is 6.10 Å². The van der Waals surface area contributed by atoms with Crippen LogP contribution < -0.4 is 10.2 Å². The number of rotatable bonds is 5. The Bertz CT molecular complexity index is 535. The molecule has 1 atom stereocenters. The van der Waals surface area contributed by atoms with E-state index in [9.17, 15) is 4.79 Å². The first kappa shape index (κ1) is 12.9. The molecular weight excluding hydrogens is 244 g/mol. The monoisotopic (exact) mass is 258 g/mol. The Morgan fingerprint density at radius 3 is 2.79 bits per heavy atom. The van der Waals surface area contributed by atoms with Crippen molar-refractivity contribution in [1.29, 1.82) is 0 Å². The Morgan fingerprint density at radius 2 is 2.11 bits per heavy atom. The van der Waals surface area contributed by atoms with Gasteiger partial charge in [0.15, 0.2) is 6.10 Å². The Labute approximate surface area is 110 Å². The van der Waals surface area contributed by atoms with Crippen molar-refractivity contribution in [3.8, 4) is 5.75 Å². The van der Waals surface area contributed by atoms with Crippen LogP contribution in [-0.2, 0) is 4.79 Å². The number of furan rings is 1. The molecule has 0 saturated carbocycles. The summed E-state index contributed by atoms with van der Waals surface area (Å²) < 4.78 is 10.5. The number of para-hydroxylation sites is 1. The number of carbonyl (C=O) groups excluding carboxylic acids is 1. The summed E-state index contributed by atoms with van der Waals surface area (Å²) in [6, 6.07) is 12.6. The second-order valence-electron chi connectivity index (χ2n) is 3.82. The lowest BCUT2D eigenvalue weighted by Crippen LogP contribution is -2.33. The van der Waals surface area contributed by atoms with Crippen molar-refractivity contribution in [1.82, 2.24) is 5.43 Å². The average Bonchev–Trinajstić information content (AvgIpc) is 2.93. The molecule has 2 aromatic rings. The number of hydrogen-bond donors (Lipinski definition) is 1. The largest absolute Gasteiger partial charge is 0.481 e. The summed E-state index contributed by atoms with van der Waals surface area (Å²) in [5.41, 5.74) is 2.39. The number of nitrogens with zero attached hydrogens (tertiary/aromatic N) is 1. The fourth-order valence-electron chi connectivity index (χ4n) is 1.37. The van der Waals surface area contributed by atoms with Crippen molar-refractivity contribution in [2.24, 2.45) is 5.10 Å². The van der Waals surface area contributed by atoms with E-state index in [1.165, 1.54) is 12.5 Å². The summed E-state index contributed by atoms with van der Waals surface area (Å²) in [6.07, 6.45) is 2.33. The Morgan fingerprint density at radius 1 is 1.32 bits per heavy atom. The molecule has 0 fully saturated rings. The molecule has 1 heterocycles. The summed E-state index contributed by atoms with van der Waals surface area (Å²) in [6.45, 7) is 1.66. The van der Waals surface area contributed by atoms with Crippen LogP contribution in [0.4, 0.5) is 0 Å². The van der Waals surface area contributed by atoms with Crippen molar-refractivity contribution >= 4 is 12.1 Å². The molecule has 1 amide bonds. The Kier molecular flexibility index (Phi) is 4.34. The number of amides is 1. The fraction of sp³-hybridized carbons (Fsp3) is 0.143. The maximum atomic E-state index is 11.7. The second kappa shape index (κ2) is 6.39. The smallest absolute Gasteiger partial charge is 0.280 e. The normalized spacial score (nSPS) is 12.3. The van der Waals surface area contributed by atoms with Crippen LogP contribution in [-0.4, -0.2) is 18.2 Å². The molecule has 0 aliphatic heterocycles. The third-order valence-electron chi connectivity index (χ3n) is 2.34. The van der Waals surface area contributed by atoms with Crippen molar-refractivity contribution in [2.75, 3.05) is 0 Å². The van der Waals surface area contributed by atoms with Gasteiger partial charge in [0, 0.05) is 0 Å². The summed E-state index contributed by atoms with van der Waals surface area (Å²) in [7, 11) is 0. The van der Waals surface area contributed by atoms with Gasteiger partial charge in [-0.3, -0.25) is 4.79 Å². The van der Waals surface area contributed by atoms with Gasteiger partial charge in [0.05, 0.1) is 12.5 Å². The van der Waals surface area contributed by atoms with E-state index in [4.69, 9.17) is 9.15 Å². The zero-order valence-corrected chi connectivity index (χ0v) is 10.4. The van der Waals surface area contributed by atoms with Crippen LogP contribution >= 0.6 is 0 Å². The minimum absolute atomic E-state index is 0.327. The van der Waals surface area contributed by atoms with Gasteiger partial charge >= 0.3 is 0 Å². The summed E-state index contributed by atoms with van der Waals surface area (Å²) in [4.78, 5) is 11.7. The molecule has 1 aromatic heterocycles. The fourth-order valence-corrected chi connectivity index (χ4v) is 1.37.